The van der Waals surface area contributed by atoms with E-state index in [-0.39, 0.29) is 18.2 Å². The number of primary amides is 1. The van der Waals surface area contributed by atoms with E-state index in [4.69, 9.17) is 5.73 Å². The minimum Gasteiger partial charge on any atom is -0.368 e. The molecule has 3 rings (SSSR count). The van der Waals surface area contributed by atoms with Gasteiger partial charge in [-0.05, 0) is 24.5 Å². The Bertz CT molecular complexity index is 656. The van der Waals surface area contributed by atoms with Crippen LogP contribution in [0, 0.1) is 5.92 Å². The van der Waals surface area contributed by atoms with Crippen LogP contribution in [0.5, 0.6) is 0 Å². The number of amides is 3. The largest absolute Gasteiger partial charge is 0.368 e. The van der Waals surface area contributed by atoms with Crippen molar-refractivity contribution in [1.82, 2.24) is 15.2 Å². The van der Waals surface area contributed by atoms with Crippen molar-refractivity contribution in [2.75, 3.05) is 6.54 Å². The summed E-state index contributed by atoms with van der Waals surface area (Å²) in [5, 5.41) is 2.87. The van der Waals surface area contributed by atoms with Gasteiger partial charge in [0.05, 0.1) is 5.92 Å². The summed E-state index contributed by atoms with van der Waals surface area (Å²) < 4.78 is 0. The zero-order valence-corrected chi connectivity index (χ0v) is 14.2. The lowest BCUT2D eigenvalue weighted by Crippen LogP contribution is -2.59. The predicted molar refractivity (Wildman–Crippen MR) is 90.9 cm³/mol. The number of hydrogen-bond acceptors (Lipinski definition) is 4. The summed E-state index contributed by atoms with van der Waals surface area (Å²) in [6, 6.07) is 3.72. The molecule has 7 heteroatoms. The SMILES string of the molecule is NC(=O)C1(NC(=O)[C@@H]2CC(=O)N(Cc3cccnc3)C2)CCCCC1. The van der Waals surface area contributed by atoms with Crippen LogP contribution in [0.1, 0.15) is 44.1 Å². The number of likely N-dealkylation sites (tertiary alicyclic amines) is 1. The number of nitrogens with zero attached hydrogens (tertiary/aromatic N) is 2. The van der Waals surface area contributed by atoms with Gasteiger partial charge in [-0.15, -0.1) is 0 Å². The first-order valence-corrected chi connectivity index (χ1v) is 8.79. The van der Waals surface area contributed by atoms with Crippen molar-refractivity contribution in [1.29, 1.82) is 0 Å². The molecule has 0 spiro atoms. The Labute approximate surface area is 147 Å². The highest BCUT2D eigenvalue weighted by atomic mass is 16.2. The van der Waals surface area contributed by atoms with Gasteiger partial charge < -0.3 is 16.0 Å². The van der Waals surface area contributed by atoms with E-state index in [9.17, 15) is 14.4 Å². The lowest BCUT2D eigenvalue weighted by Gasteiger charge is -2.35. The van der Waals surface area contributed by atoms with Crippen LogP contribution in [0.4, 0.5) is 0 Å². The van der Waals surface area contributed by atoms with Gasteiger partial charge in [-0.2, -0.15) is 0 Å². The van der Waals surface area contributed by atoms with Crippen LogP contribution in [-0.2, 0) is 20.9 Å². The van der Waals surface area contributed by atoms with Gasteiger partial charge in [0.15, 0.2) is 0 Å². The van der Waals surface area contributed by atoms with E-state index in [2.05, 4.69) is 10.3 Å². The molecule has 0 bridgehead atoms. The molecule has 1 saturated heterocycles. The number of rotatable bonds is 5. The lowest BCUT2D eigenvalue weighted by molar-refractivity contribution is -0.135. The minimum atomic E-state index is -0.949. The third-order valence-corrected chi connectivity index (χ3v) is 5.22. The third-order valence-electron chi connectivity index (χ3n) is 5.22. The molecule has 2 fully saturated rings. The Morgan fingerprint density at radius 1 is 1.32 bits per heavy atom. The normalized spacial score (nSPS) is 22.6. The van der Waals surface area contributed by atoms with Crippen molar-refractivity contribution in [2.24, 2.45) is 11.7 Å². The summed E-state index contributed by atoms with van der Waals surface area (Å²) in [4.78, 5) is 42.5. The van der Waals surface area contributed by atoms with E-state index in [0.717, 1.165) is 24.8 Å². The first-order chi connectivity index (χ1) is 12.0. The smallest absolute Gasteiger partial charge is 0.243 e. The summed E-state index contributed by atoms with van der Waals surface area (Å²) in [6.45, 7) is 0.797. The van der Waals surface area contributed by atoms with Crippen LogP contribution in [0.25, 0.3) is 0 Å². The summed E-state index contributed by atoms with van der Waals surface area (Å²) in [5.74, 6) is -1.22. The van der Waals surface area contributed by atoms with Crippen LogP contribution in [-0.4, -0.2) is 39.7 Å². The molecular formula is C18H24N4O3. The summed E-state index contributed by atoms with van der Waals surface area (Å²) >= 11 is 0. The highest BCUT2D eigenvalue weighted by Gasteiger charge is 2.42. The Morgan fingerprint density at radius 2 is 2.08 bits per heavy atom. The van der Waals surface area contributed by atoms with Gasteiger partial charge in [-0.3, -0.25) is 19.4 Å². The van der Waals surface area contributed by atoms with Crippen LogP contribution >= 0.6 is 0 Å². The quantitative estimate of drug-likeness (QED) is 0.821. The van der Waals surface area contributed by atoms with E-state index in [1.165, 1.54) is 0 Å². The molecule has 1 aliphatic heterocycles. The molecule has 0 aromatic carbocycles. The third kappa shape index (κ3) is 3.81. The first kappa shape index (κ1) is 17.4. The zero-order valence-electron chi connectivity index (χ0n) is 14.2. The number of nitrogens with one attached hydrogen (secondary N) is 1. The molecule has 1 aliphatic carbocycles. The highest BCUT2D eigenvalue weighted by molar-refractivity contribution is 5.94. The van der Waals surface area contributed by atoms with E-state index < -0.39 is 17.4 Å². The van der Waals surface area contributed by atoms with Gasteiger partial charge in [-0.1, -0.05) is 25.3 Å². The van der Waals surface area contributed by atoms with E-state index in [1.807, 2.05) is 12.1 Å². The molecule has 7 nitrogen and oxygen atoms in total. The molecule has 1 aromatic heterocycles. The van der Waals surface area contributed by atoms with E-state index >= 15 is 0 Å². The number of nitrogens with two attached hydrogens (primary N) is 1. The van der Waals surface area contributed by atoms with Crippen molar-refractivity contribution in [3.05, 3.63) is 30.1 Å². The number of carbonyl (C=O) groups is 3. The zero-order chi connectivity index (χ0) is 17.9. The fourth-order valence-corrected chi connectivity index (χ4v) is 3.74. The molecule has 1 saturated carbocycles. The van der Waals surface area contributed by atoms with Crippen LogP contribution in [0.15, 0.2) is 24.5 Å². The van der Waals surface area contributed by atoms with Crippen molar-refractivity contribution in [3.63, 3.8) is 0 Å². The molecule has 0 unspecified atom stereocenters. The maximum Gasteiger partial charge on any atom is 0.243 e. The van der Waals surface area contributed by atoms with Crippen molar-refractivity contribution in [3.8, 4) is 0 Å². The van der Waals surface area contributed by atoms with Crippen LogP contribution < -0.4 is 11.1 Å². The van der Waals surface area contributed by atoms with Crippen molar-refractivity contribution in [2.45, 2.75) is 50.6 Å². The minimum absolute atomic E-state index is 0.0548. The second-order valence-corrected chi connectivity index (χ2v) is 7.03. The molecule has 25 heavy (non-hydrogen) atoms. The summed E-state index contributed by atoms with van der Waals surface area (Å²) in [5.41, 5.74) is 5.55. The van der Waals surface area contributed by atoms with Gasteiger partial charge in [0.1, 0.15) is 5.54 Å². The van der Waals surface area contributed by atoms with Gasteiger partial charge in [0.2, 0.25) is 17.7 Å². The van der Waals surface area contributed by atoms with Crippen LogP contribution in [0.3, 0.4) is 0 Å². The molecule has 1 atom stereocenters. The maximum absolute atomic E-state index is 12.7. The van der Waals surface area contributed by atoms with Crippen LogP contribution in [0.2, 0.25) is 0 Å². The van der Waals surface area contributed by atoms with Gasteiger partial charge >= 0.3 is 0 Å². The Balaban J connectivity index is 1.63. The fraction of sp³-hybridized carbons (Fsp3) is 0.556. The molecule has 2 aliphatic rings. The number of aromatic nitrogens is 1. The second kappa shape index (κ2) is 7.21. The summed E-state index contributed by atoms with van der Waals surface area (Å²) in [7, 11) is 0. The van der Waals surface area contributed by atoms with Gasteiger partial charge in [-0.25, -0.2) is 0 Å². The van der Waals surface area contributed by atoms with E-state index in [0.29, 0.717) is 25.9 Å². The Hall–Kier alpha value is -2.44. The molecule has 0 radical (unpaired) electrons. The molecular weight excluding hydrogens is 320 g/mol. The Morgan fingerprint density at radius 3 is 2.72 bits per heavy atom. The highest BCUT2D eigenvalue weighted by Crippen LogP contribution is 2.29. The topological polar surface area (TPSA) is 105 Å². The Kier molecular flexibility index (Phi) is 5.01. The van der Waals surface area contributed by atoms with Crippen molar-refractivity contribution >= 4 is 17.7 Å². The standard InChI is InChI=1S/C18H24N4O3/c19-17(25)18(6-2-1-3-7-18)21-16(24)14-9-15(23)22(12-14)11-13-5-4-8-20-10-13/h4-5,8,10,14H,1-3,6-7,9,11-12H2,(H2,19,25)(H,21,24)/t14-/m1/s1. The molecule has 134 valence electrons. The van der Waals surface area contributed by atoms with Gasteiger partial charge in [0, 0.05) is 31.9 Å². The second-order valence-electron chi connectivity index (χ2n) is 7.03. The maximum atomic E-state index is 12.7. The molecule has 1 aromatic rings. The number of carbonyl (C=O) groups excluding carboxylic acids is 3. The monoisotopic (exact) mass is 344 g/mol. The number of hydrogen-bond donors (Lipinski definition) is 2. The first-order valence-electron chi connectivity index (χ1n) is 8.79. The average Bonchev–Trinajstić information content (AvgIpc) is 2.97. The predicted octanol–water partition coefficient (Wildman–Crippen LogP) is 0.734. The van der Waals surface area contributed by atoms with E-state index in [1.54, 1.807) is 17.3 Å². The van der Waals surface area contributed by atoms with Gasteiger partial charge in [0.25, 0.3) is 0 Å². The lowest BCUT2D eigenvalue weighted by atomic mass is 9.80. The van der Waals surface area contributed by atoms with Crippen molar-refractivity contribution < 1.29 is 14.4 Å². The number of pyridine rings is 1. The molecule has 3 N–H and O–H groups in total. The molecule has 2 heterocycles. The molecule has 3 amide bonds. The average molecular weight is 344 g/mol. The fourth-order valence-electron chi connectivity index (χ4n) is 3.74. The summed E-state index contributed by atoms with van der Waals surface area (Å²) in [6.07, 6.45) is 7.51.